The van der Waals surface area contributed by atoms with Crippen LogP contribution < -0.4 is 15.5 Å². The molecule has 0 atom stereocenters. The van der Waals surface area contributed by atoms with Crippen LogP contribution in [0.2, 0.25) is 0 Å². The third-order valence-electron chi connectivity index (χ3n) is 3.46. The molecular weight excluding hydrogens is 368 g/mol. The van der Waals surface area contributed by atoms with Gasteiger partial charge in [0.05, 0.1) is 5.56 Å². The van der Waals surface area contributed by atoms with Gasteiger partial charge in [0.25, 0.3) is 0 Å². The van der Waals surface area contributed by atoms with E-state index in [2.05, 4.69) is 10.3 Å². The second kappa shape index (κ2) is 8.02. The number of pyridine rings is 1. The molecule has 0 unspecified atom stereocenters. The maximum atomic E-state index is 13.2. The molecule has 0 bridgehead atoms. The number of amides is 2. The predicted octanol–water partition coefficient (Wildman–Crippen LogP) is 2.56. The molecule has 0 saturated carbocycles. The summed E-state index contributed by atoms with van der Waals surface area (Å²) in [6.07, 6.45) is -3.38. The standard InChI is InChI=1S/C17H16F4N4O2/c1-25(2)14-7-10(5-6-22-14)9-23-15(26)16(27)24-11-3-4-13(18)12(8-11)17(19,20)21/h3-8H,9H2,1-2H3,(H,23,26)(H,24,27). The summed E-state index contributed by atoms with van der Waals surface area (Å²) in [6.45, 7) is 0.0207. The first kappa shape index (κ1) is 20.1. The number of rotatable bonds is 4. The summed E-state index contributed by atoms with van der Waals surface area (Å²) in [5.41, 5.74) is -1.20. The third-order valence-corrected chi connectivity index (χ3v) is 3.46. The van der Waals surface area contributed by atoms with Crippen LogP contribution in [0, 0.1) is 5.82 Å². The Balaban J connectivity index is 2.00. The summed E-state index contributed by atoms with van der Waals surface area (Å²) in [4.78, 5) is 29.5. The van der Waals surface area contributed by atoms with Crippen molar-refractivity contribution < 1.29 is 27.2 Å². The first-order valence-electron chi connectivity index (χ1n) is 7.66. The molecule has 1 aromatic carbocycles. The van der Waals surface area contributed by atoms with Crippen molar-refractivity contribution in [2.24, 2.45) is 0 Å². The highest BCUT2D eigenvalue weighted by molar-refractivity contribution is 6.39. The third kappa shape index (κ3) is 5.40. The van der Waals surface area contributed by atoms with Gasteiger partial charge in [0, 0.05) is 32.5 Å². The average Bonchev–Trinajstić information content (AvgIpc) is 2.60. The monoisotopic (exact) mass is 384 g/mol. The number of nitrogens with one attached hydrogen (secondary N) is 2. The zero-order valence-electron chi connectivity index (χ0n) is 14.4. The van der Waals surface area contributed by atoms with E-state index in [-0.39, 0.29) is 12.2 Å². The van der Waals surface area contributed by atoms with E-state index < -0.39 is 29.4 Å². The SMILES string of the molecule is CN(C)c1cc(CNC(=O)C(=O)Nc2ccc(F)c(C(F)(F)F)c2)ccn1. The van der Waals surface area contributed by atoms with Gasteiger partial charge < -0.3 is 15.5 Å². The Kier molecular flexibility index (Phi) is 5.98. The van der Waals surface area contributed by atoms with Crippen molar-refractivity contribution in [3.63, 3.8) is 0 Å². The molecule has 27 heavy (non-hydrogen) atoms. The van der Waals surface area contributed by atoms with Gasteiger partial charge in [-0.15, -0.1) is 0 Å². The minimum atomic E-state index is -4.92. The first-order valence-corrected chi connectivity index (χ1v) is 7.66. The van der Waals surface area contributed by atoms with Gasteiger partial charge in [-0.2, -0.15) is 13.2 Å². The molecule has 10 heteroatoms. The van der Waals surface area contributed by atoms with E-state index in [1.54, 1.807) is 31.1 Å². The Morgan fingerprint density at radius 2 is 1.81 bits per heavy atom. The molecule has 144 valence electrons. The van der Waals surface area contributed by atoms with Crippen molar-refractivity contribution in [2.75, 3.05) is 24.3 Å². The van der Waals surface area contributed by atoms with E-state index in [0.29, 0.717) is 23.5 Å². The number of halogens is 4. The van der Waals surface area contributed by atoms with E-state index in [1.807, 2.05) is 5.32 Å². The van der Waals surface area contributed by atoms with Crippen molar-refractivity contribution in [1.82, 2.24) is 10.3 Å². The minimum absolute atomic E-state index is 0.0207. The molecule has 0 saturated heterocycles. The normalized spacial score (nSPS) is 11.0. The van der Waals surface area contributed by atoms with Crippen LogP contribution in [0.25, 0.3) is 0 Å². The van der Waals surface area contributed by atoms with E-state index in [9.17, 15) is 27.2 Å². The molecule has 0 radical (unpaired) electrons. The van der Waals surface area contributed by atoms with Crippen LogP contribution in [-0.4, -0.2) is 30.9 Å². The zero-order chi connectivity index (χ0) is 20.2. The lowest BCUT2D eigenvalue weighted by Crippen LogP contribution is -2.35. The van der Waals surface area contributed by atoms with Gasteiger partial charge in [-0.3, -0.25) is 9.59 Å². The smallest absolute Gasteiger partial charge is 0.363 e. The maximum Gasteiger partial charge on any atom is 0.419 e. The van der Waals surface area contributed by atoms with Crippen molar-refractivity contribution in [3.8, 4) is 0 Å². The number of carbonyl (C=O) groups is 2. The van der Waals surface area contributed by atoms with Crippen molar-refractivity contribution in [1.29, 1.82) is 0 Å². The number of hydrogen-bond acceptors (Lipinski definition) is 4. The molecule has 2 N–H and O–H groups in total. The Bertz CT molecular complexity index is 853. The number of benzene rings is 1. The van der Waals surface area contributed by atoms with Gasteiger partial charge in [0.1, 0.15) is 11.6 Å². The van der Waals surface area contributed by atoms with Gasteiger partial charge in [0.2, 0.25) is 0 Å². The summed E-state index contributed by atoms with van der Waals surface area (Å²) in [7, 11) is 3.58. The molecular formula is C17H16F4N4O2. The molecule has 0 aliphatic rings. The lowest BCUT2D eigenvalue weighted by Gasteiger charge is -2.13. The number of alkyl halides is 3. The molecule has 0 aliphatic heterocycles. The van der Waals surface area contributed by atoms with Gasteiger partial charge in [-0.05, 0) is 35.9 Å². The Labute approximate surface area is 152 Å². The molecule has 1 aromatic heterocycles. The van der Waals surface area contributed by atoms with Gasteiger partial charge in [-0.25, -0.2) is 9.37 Å². The summed E-state index contributed by atoms with van der Waals surface area (Å²) < 4.78 is 51.3. The fourth-order valence-electron chi connectivity index (χ4n) is 2.09. The van der Waals surface area contributed by atoms with E-state index in [0.717, 1.165) is 6.07 Å². The van der Waals surface area contributed by atoms with Crippen LogP contribution in [0.3, 0.4) is 0 Å². The maximum absolute atomic E-state index is 13.2. The molecule has 0 fully saturated rings. The van der Waals surface area contributed by atoms with Crippen LogP contribution in [0.1, 0.15) is 11.1 Å². The highest BCUT2D eigenvalue weighted by Crippen LogP contribution is 2.32. The quantitative estimate of drug-likeness (QED) is 0.628. The van der Waals surface area contributed by atoms with Crippen molar-refractivity contribution in [3.05, 3.63) is 53.5 Å². The molecule has 6 nitrogen and oxygen atoms in total. The van der Waals surface area contributed by atoms with E-state index >= 15 is 0 Å². The minimum Gasteiger partial charge on any atom is -0.363 e. The number of aromatic nitrogens is 1. The number of carbonyl (C=O) groups excluding carboxylic acids is 2. The molecule has 2 rings (SSSR count). The summed E-state index contributed by atoms with van der Waals surface area (Å²) in [6, 6.07) is 5.26. The Morgan fingerprint density at radius 3 is 2.44 bits per heavy atom. The topological polar surface area (TPSA) is 74.3 Å². The van der Waals surface area contributed by atoms with Crippen molar-refractivity contribution in [2.45, 2.75) is 12.7 Å². The summed E-state index contributed by atoms with van der Waals surface area (Å²) in [5, 5.41) is 4.36. The van der Waals surface area contributed by atoms with Crippen LogP contribution in [0.5, 0.6) is 0 Å². The molecule has 1 heterocycles. The predicted molar refractivity (Wildman–Crippen MR) is 90.4 cm³/mol. The summed E-state index contributed by atoms with van der Waals surface area (Å²) in [5.74, 6) is -3.04. The molecule has 0 spiro atoms. The molecule has 0 aliphatic carbocycles. The lowest BCUT2D eigenvalue weighted by molar-refractivity contribution is -0.140. The van der Waals surface area contributed by atoms with E-state index in [4.69, 9.17) is 0 Å². The molecule has 2 aromatic rings. The highest BCUT2D eigenvalue weighted by Gasteiger charge is 2.34. The van der Waals surface area contributed by atoms with Crippen LogP contribution in [-0.2, 0) is 22.3 Å². The number of nitrogens with zero attached hydrogens (tertiary/aromatic N) is 2. The largest absolute Gasteiger partial charge is 0.419 e. The number of hydrogen-bond donors (Lipinski definition) is 2. The number of anilines is 2. The Hall–Kier alpha value is -3.17. The fraction of sp³-hybridized carbons (Fsp3) is 0.235. The van der Waals surface area contributed by atoms with Gasteiger partial charge in [-0.1, -0.05) is 0 Å². The van der Waals surface area contributed by atoms with Crippen molar-refractivity contribution >= 4 is 23.3 Å². The zero-order valence-corrected chi connectivity index (χ0v) is 14.4. The van der Waals surface area contributed by atoms with Gasteiger partial charge >= 0.3 is 18.0 Å². The lowest BCUT2D eigenvalue weighted by atomic mass is 10.2. The Morgan fingerprint density at radius 1 is 1.11 bits per heavy atom. The van der Waals surface area contributed by atoms with Crippen LogP contribution in [0.15, 0.2) is 36.5 Å². The second-order valence-electron chi connectivity index (χ2n) is 5.75. The fourth-order valence-corrected chi connectivity index (χ4v) is 2.09. The van der Waals surface area contributed by atoms with Crippen LogP contribution in [0.4, 0.5) is 29.1 Å². The van der Waals surface area contributed by atoms with Crippen LogP contribution >= 0.6 is 0 Å². The van der Waals surface area contributed by atoms with Gasteiger partial charge in [0.15, 0.2) is 0 Å². The first-order chi connectivity index (χ1) is 12.6. The second-order valence-corrected chi connectivity index (χ2v) is 5.75. The highest BCUT2D eigenvalue weighted by atomic mass is 19.4. The summed E-state index contributed by atoms with van der Waals surface area (Å²) >= 11 is 0. The van der Waals surface area contributed by atoms with E-state index in [1.165, 1.54) is 6.20 Å². The average molecular weight is 384 g/mol. The molecule has 2 amide bonds.